The summed E-state index contributed by atoms with van der Waals surface area (Å²) in [6.07, 6.45) is 0.970. The van der Waals surface area contributed by atoms with Crippen molar-refractivity contribution < 1.29 is 24.0 Å². The molecule has 0 fully saturated rings. The first kappa shape index (κ1) is 25.9. The predicted molar refractivity (Wildman–Crippen MR) is 126 cm³/mol. The quantitative estimate of drug-likeness (QED) is 0.108. The van der Waals surface area contributed by atoms with E-state index in [4.69, 9.17) is 26.7 Å². The smallest absolute Gasteiger partial charge is 0.272 e. The van der Waals surface area contributed by atoms with Crippen molar-refractivity contribution in [1.82, 2.24) is 5.32 Å². The van der Waals surface area contributed by atoms with E-state index in [1.54, 1.807) is 24.3 Å². The molecule has 0 saturated heterocycles. The molecule has 12 heteroatoms. The van der Waals surface area contributed by atoms with Gasteiger partial charge in [-0.3, -0.25) is 24.7 Å². The van der Waals surface area contributed by atoms with Crippen LogP contribution in [0.1, 0.15) is 28.8 Å². The molecule has 12 nitrogen and oxygen atoms in total. The Morgan fingerprint density at radius 1 is 1.15 bits per heavy atom. The highest BCUT2D eigenvalue weighted by Crippen LogP contribution is 2.29. The van der Waals surface area contributed by atoms with Crippen molar-refractivity contribution in [2.24, 2.45) is 22.2 Å². The number of nitrogens with two attached hydrogens (primary N) is 3. The van der Waals surface area contributed by atoms with Gasteiger partial charge < -0.3 is 32.0 Å². The summed E-state index contributed by atoms with van der Waals surface area (Å²) in [6.45, 7) is 0.406. The lowest BCUT2D eigenvalue weighted by Gasteiger charge is -2.16. The van der Waals surface area contributed by atoms with Crippen LogP contribution in [0.4, 0.5) is 5.69 Å². The fourth-order valence-corrected chi connectivity index (χ4v) is 3.13. The number of methoxy groups -OCH3 is 1. The van der Waals surface area contributed by atoms with Gasteiger partial charge in [-0.15, -0.1) is 0 Å². The number of hydrogen-bond acceptors (Lipinski definition) is 7. The van der Waals surface area contributed by atoms with E-state index in [2.05, 4.69) is 10.3 Å². The number of nitrogens with one attached hydrogen (secondary N) is 1. The molecule has 2 rings (SSSR count). The van der Waals surface area contributed by atoms with Gasteiger partial charge in [0, 0.05) is 30.2 Å². The highest BCUT2D eigenvalue weighted by molar-refractivity contribution is 5.97. The fourth-order valence-electron chi connectivity index (χ4n) is 3.13. The Hall–Kier alpha value is -4.35. The van der Waals surface area contributed by atoms with Crippen molar-refractivity contribution in [2.75, 3.05) is 20.3 Å². The maximum Gasteiger partial charge on any atom is 0.272 e. The second-order valence-corrected chi connectivity index (χ2v) is 7.23. The van der Waals surface area contributed by atoms with Crippen LogP contribution in [0.25, 0.3) is 0 Å². The van der Waals surface area contributed by atoms with Gasteiger partial charge >= 0.3 is 0 Å². The van der Waals surface area contributed by atoms with Crippen LogP contribution in [0.2, 0.25) is 0 Å². The molecule has 0 saturated carbocycles. The molecule has 0 heterocycles. The Morgan fingerprint density at radius 2 is 1.88 bits per heavy atom. The Kier molecular flexibility index (Phi) is 9.62. The highest BCUT2D eigenvalue weighted by atomic mass is 16.6. The molecule has 0 aliphatic rings. The first-order chi connectivity index (χ1) is 16.2. The number of rotatable bonds is 13. The fraction of sp³-hybridized carbons (Fsp3) is 0.318. The minimum Gasteiger partial charge on any atom is -0.493 e. The third kappa shape index (κ3) is 7.65. The Bertz CT molecular complexity index is 1050. The van der Waals surface area contributed by atoms with Gasteiger partial charge in [-0.1, -0.05) is 18.2 Å². The number of benzene rings is 2. The number of ether oxygens (including phenoxy) is 2. The van der Waals surface area contributed by atoms with Crippen LogP contribution in [0.3, 0.4) is 0 Å². The van der Waals surface area contributed by atoms with Crippen LogP contribution in [0, 0.1) is 10.1 Å². The lowest BCUT2D eigenvalue weighted by atomic mass is 10.1. The van der Waals surface area contributed by atoms with Crippen molar-refractivity contribution in [3.05, 3.63) is 63.7 Å². The molecule has 0 unspecified atom stereocenters. The monoisotopic (exact) mass is 472 g/mol. The van der Waals surface area contributed by atoms with E-state index in [1.807, 2.05) is 0 Å². The Morgan fingerprint density at radius 3 is 2.53 bits per heavy atom. The van der Waals surface area contributed by atoms with Crippen LogP contribution in [-0.2, 0) is 11.2 Å². The van der Waals surface area contributed by atoms with Gasteiger partial charge in [-0.25, -0.2) is 0 Å². The lowest BCUT2D eigenvalue weighted by molar-refractivity contribution is -0.385. The molecule has 7 N–H and O–H groups in total. The molecule has 0 radical (unpaired) electrons. The molecule has 0 bridgehead atoms. The lowest BCUT2D eigenvalue weighted by Crippen LogP contribution is -2.44. The van der Waals surface area contributed by atoms with Crippen molar-refractivity contribution in [2.45, 2.75) is 25.3 Å². The largest absolute Gasteiger partial charge is 0.493 e. The summed E-state index contributed by atoms with van der Waals surface area (Å²) in [7, 11) is 1.45. The zero-order valence-electron chi connectivity index (χ0n) is 18.7. The maximum atomic E-state index is 12.7. The number of amides is 2. The van der Waals surface area contributed by atoms with Crippen LogP contribution >= 0.6 is 0 Å². The zero-order chi connectivity index (χ0) is 25.1. The second kappa shape index (κ2) is 12.6. The van der Waals surface area contributed by atoms with Gasteiger partial charge in [-0.05, 0) is 31.0 Å². The highest BCUT2D eigenvalue weighted by Gasteiger charge is 2.20. The van der Waals surface area contributed by atoms with Crippen molar-refractivity contribution in [3.8, 4) is 11.5 Å². The Balaban J connectivity index is 2.06. The molecule has 2 aromatic rings. The van der Waals surface area contributed by atoms with E-state index < -0.39 is 22.8 Å². The molecule has 2 aromatic carbocycles. The average Bonchev–Trinajstić information content (AvgIpc) is 2.80. The molecule has 1 atom stereocenters. The summed E-state index contributed by atoms with van der Waals surface area (Å²) in [5.74, 6) is -0.628. The predicted octanol–water partition coefficient (Wildman–Crippen LogP) is 0.862. The topological polar surface area (TPSA) is 198 Å². The Labute approximate surface area is 196 Å². The minimum atomic E-state index is -0.910. The van der Waals surface area contributed by atoms with E-state index in [9.17, 15) is 19.7 Å². The summed E-state index contributed by atoms with van der Waals surface area (Å²) >= 11 is 0. The second-order valence-electron chi connectivity index (χ2n) is 7.23. The summed E-state index contributed by atoms with van der Waals surface area (Å²) in [5.41, 5.74) is 16.7. The summed E-state index contributed by atoms with van der Waals surface area (Å²) in [4.78, 5) is 39.0. The normalized spacial score (nSPS) is 11.2. The van der Waals surface area contributed by atoms with E-state index in [1.165, 1.54) is 25.3 Å². The van der Waals surface area contributed by atoms with Crippen LogP contribution in [0.15, 0.2) is 47.5 Å². The number of hydrogen-bond donors (Lipinski definition) is 4. The van der Waals surface area contributed by atoms with Gasteiger partial charge in [0.1, 0.15) is 6.04 Å². The van der Waals surface area contributed by atoms with Gasteiger partial charge in [0.25, 0.3) is 11.6 Å². The van der Waals surface area contributed by atoms with E-state index >= 15 is 0 Å². The van der Waals surface area contributed by atoms with Crippen molar-refractivity contribution in [1.29, 1.82) is 0 Å². The van der Waals surface area contributed by atoms with E-state index in [0.29, 0.717) is 24.3 Å². The van der Waals surface area contributed by atoms with Gasteiger partial charge in [-0.2, -0.15) is 0 Å². The number of carbonyl (C=O) groups excluding carboxylic acids is 2. The first-order valence-electron chi connectivity index (χ1n) is 10.4. The molecule has 34 heavy (non-hydrogen) atoms. The van der Waals surface area contributed by atoms with Crippen LogP contribution < -0.4 is 32.0 Å². The third-order valence-electron chi connectivity index (χ3n) is 4.84. The molecular formula is C22H28N6O6. The third-order valence-corrected chi connectivity index (χ3v) is 4.84. The summed E-state index contributed by atoms with van der Waals surface area (Å²) in [6, 6.07) is 9.99. The standard InChI is InChI=1S/C22H28N6O6/c1-33-18-9-8-15(21(30)27-16(20(23)29)6-4-11-26-22(24)25)13-19(18)34-12-10-14-5-2-3-7-17(14)28(31)32/h2-3,5,7-9,13,16H,4,6,10-12H2,1H3,(H2,23,29)(H,27,30)(H4,24,25,26)/t16-/m0/s1. The van der Waals surface area contributed by atoms with Crippen LogP contribution in [-0.4, -0.2) is 49.0 Å². The van der Waals surface area contributed by atoms with Crippen molar-refractivity contribution >= 4 is 23.5 Å². The molecule has 0 aromatic heterocycles. The number of para-hydroxylation sites is 1. The number of carbonyl (C=O) groups is 2. The zero-order valence-corrected chi connectivity index (χ0v) is 18.7. The van der Waals surface area contributed by atoms with Crippen LogP contribution in [0.5, 0.6) is 11.5 Å². The number of nitrogens with zero attached hydrogens (tertiary/aromatic N) is 2. The van der Waals surface area contributed by atoms with Crippen molar-refractivity contribution in [3.63, 3.8) is 0 Å². The summed E-state index contributed by atoms with van der Waals surface area (Å²) in [5, 5.41) is 13.8. The van der Waals surface area contributed by atoms with E-state index in [0.717, 1.165) is 0 Å². The molecule has 0 aliphatic heterocycles. The average molecular weight is 473 g/mol. The number of aliphatic imine (C=N–C) groups is 1. The van der Waals surface area contributed by atoms with Gasteiger partial charge in [0.05, 0.1) is 18.6 Å². The number of nitro benzene ring substituents is 1. The summed E-state index contributed by atoms with van der Waals surface area (Å²) < 4.78 is 11.0. The molecule has 2 amide bonds. The number of guanidine groups is 1. The minimum absolute atomic E-state index is 0.00327. The molecular weight excluding hydrogens is 444 g/mol. The van der Waals surface area contributed by atoms with Gasteiger partial charge in [0.2, 0.25) is 5.91 Å². The SMILES string of the molecule is COc1ccc(C(=O)N[C@@H](CCCN=C(N)N)C(N)=O)cc1OCCc1ccccc1[N+](=O)[O-]. The van der Waals surface area contributed by atoms with Gasteiger partial charge in [0.15, 0.2) is 17.5 Å². The number of nitro groups is 1. The first-order valence-corrected chi connectivity index (χ1v) is 10.4. The molecule has 0 aliphatic carbocycles. The molecule has 0 spiro atoms. The molecule has 182 valence electrons. The van der Waals surface area contributed by atoms with E-state index in [-0.39, 0.29) is 42.4 Å². The number of primary amides is 1. The maximum absolute atomic E-state index is 12.7.